The monoisotopic (exact) mass is 489 g/mol. The number of halogens is 3. The van der Waals surface area contributed by atoms with E-state index in [4.69, 9.17) is 16.7 Å². The number of carboxylic acids is 1. The summed E-state index contributed by atoms with van der Waals surface area (Å²) >= 11 is 5.79. The lowest BCUT2D eigenvalue weighted by Gasteiger charge is -2.30. The SMILES string of the molecule is CC(C)(CCC(=O)N1CCc2c(n(Cc3ccc(F)c(Cl)c3F)c3ncccc23)C1)CC(=O)O. The molecular formula is C25H26ClF2N3O3. The van der Waals surface area contributed by atoms with Gasteiger partial charge in [0.2, 0.25) is 5.91 Å². The molecule has 1 aliphatic heterocycles. The molecule has 3 aromatic rings. The second kappa shape index (κ2) is 9.33. The van der Waals surface area contributed by atoms with Gasteiger partial charge in [-0.15, -0.1) is 0 Å². The first-order chi connectivity index (χ1) is 16.1. The van der Waals surface area contributed by atoms with E-state index in [2.05, 4.69) is 4.98 Å². The first kappa shape index (κ1) is 24.1. The van der Waals surface area contributed by atoms with Crippen molar-refractivity contribution < 1.29 is 23.5 Å². The van der Waals surface area contributed by atoms with E-state index in [0.717, 1.165) is 22.7 Å². The lowest BCUT2D eigenvalue weighted by Crippen LogP contribution is -2.37. The zero-order valence-corrected chi connectivity index (χ0v) is 19.8. The highest BCUT2D eigenvalue weighted by molar-refractivity contribution is 6.30. The van der Waals surface area contributed by atoms with Gasteiger partial charge in [0.15, 0.2) is 0 Å². The van der Waals surface area contributed by atoms with Gasteiger partial charge in [-0.25, -0.2) is 13.8 Å². The number of rotatable bonds is 7. The molecule has 0 saturated heterocycles. The Labute approximate surface area is 201 Å². The van der Waals surface area contributed by atoms with E-state index in [9.17, 15) is 18.4 Å². The van der Waals surface area contributed by atoms with Crippen molar-refractivity contribution in [3.05, 3.63) is 63.9 Å². The van der Waals surface area contributed by atoms with Gasteiger partial charge in [0.25, 0.3) is 0 Å². The molecule has 1 amide bonds. The van der Waals surface area contributed by atoms with E-state index in [0.29, 0.717) is 31.6 Å². The molecule has 0 aliphatic carbocycles. The third-order valence-electron chi connectivity index (χ3n) is 6.46. The van der Waals surface area contributed by atoms with Crippen LogP contribution in [0.25, 0.3) is 11.0 Å². The Morgan fingerprint density at radius 2 is 2.00 bits per heavy atom. The molecule has 4 rings (SSSR count). The van der Waals surface area contributed by atoms with Gasteiger partial charge in [-0.2, -0.15) is 0 Å². The second-order valence-electron chi connectivity index (χ2n) is 9.52. The summed E-state index contributed by atoms with van der Waals surface area (Å²) in [5, 5.41) is 9.49. The molecule has 0 unspecified atom stereocenters. The Hall–Kier alpha value is -3.00. The number of fused-ring (bicyclic) bond motifs is 3. The molecular weight excluding hydrogens is 464 g/mol. The van der Waals surface area contributed by atoms with E-state index < -0.39 is 28.0 Å². The standard InChI is InChI=1S/C25H26ClF2N3O3/c1-25(2,12-21(33)34)9-7-20(32)30-11-8-16-17-4-3-10-29-24(17)31(19(16)14-30)13-15-5-6-18(27)22(26)23(15)28/h3-6,10H,7-9,11-14H2,1-2H3,(H,33,34). The van der Waals surface area contributed by atoms with Crippen LogP contribution in [0.15, 0.2) is 30.5 Å². The zero-order valence-electron chi connectivity index (χ0n) is 19.1. The molecule has 1 aromatic carbocycles. The van der Waals surface area contributed by atoms with Crippen LogP contribution >= 0.6 is 11.6 Å². The minimum absolute atomic E-state index is 0.00384. The van der Waals surface area contributed by atoms with Crippen molar-refractivity contribution in [2.24, 2.45) is 5.41 Å². The number of pyridine rings is 1. The van der Waals surface area contributed by atoms with Crippen molar-refractivity contribution in [2.75, 3.05) is 6.54 Å². The number of hydrogen-bond acceptors (Lipinski definition) is 3. The number of carboxylic acid groups (broad SMARTS) is 1. The van der Waals surface area contributed by atoms with Crippen LogP contribution in [0.4, 0.5) is 8.78 Å². The van der Waals surface area contributed by atoms with Crippen LogP contribution in [0.5, 0.6) is 0 Å². The van der Waals surface area contributed by atoms with E-state index in [1.165, 1.54) is 6.07 Å². The summed E-state index contributed by atoms with van der Waals surface area (Å²) < 4.78 is 30.2. The lowest BCUT2D eigenvalue weighted by molar-refractivity contribution is -0.140. The van der Waals surface area contributed by atoms with Crippen molar-refractivity contribution in [3.8, 4) is 0 Å². The highest BCUT2D eigenvalue weighted by atomic mass is 35.5. The van der Waals surface area contributed by atoms with Crippen LogP contribution in [0, 0.1) is 17.0 Å². The molecule has 0 spiro atoms. The molecule has 0 saturated carbocycles. The van der Waals surface area contributed by atoms with Crippen LogP contribution in [0.2, 0.25) is 5.02 Å². The Morgan fingerprint density at radius 1 is 1.24 bits per heavy atom. The number of aromatic nitrogens is 2. The number of benzene rings is 1. The Morgan fingerprint density at radius 3 is 2.74 bits per heavy atom. The second-order valence-corrected chi connectivity index (χ2v) is 9.90. The molecule has 180 valence electrons. The number of carbonyl (C=O) groups is 2. The maximum absolute atomic E-state index is 14.7. The molecule has 0 radical (unpaired) electrons. The van der Waals surface area contributed by atoms with Crippen LogP contribution in [0.3, 0.4) is 0 Å². The van der Waals surface area contributed by atoms with Crippen molar-refractivity contribution in [1.29, 1.82) is 0 Å². The number of nitrogens with zero attached hydrogens (tertiary/aromatic N) is 3. The molecule has 3 heterocycles. The molecule has 0 bridgehead atoms. The summed E-state index contributed by atoms with van der Waals surface area (Å²) in [5.74, 6) is -2.56. The third kappa shape index (κ3) is 4.78. The Bertz CT molecular complexity index is 1270. The van der Waals surface area contributed by atoms with Crippen LogP contribution < -0.4 is 0 Å². The summed E-state index contributed by atoms with van der Waals surface area (Å²) in [4.78, 5) is 30.3. The van der Waals surface area contributed by atoms with Crippen molar-refractivity contribution >= 4 is 34.5 Å². The summed E-state index contributed by atoms with van der Waals surface area (Å²) in [6.45, 7) is 4.65. The number of aliphatic carboxylic acids is 1. The minimum Gasteiger partial charge on any atom is -0.481 e. The predicted molar refractivity (Wildman–Crippen MR) is 125 cm³/mol. The minimum atomic E-state index is -0.884. The number of hydrogen-bond donors (Lipinski definition) is 1. The first-order valence-corrected chi connectivity index (χ1v) is 11.5. The fourth-order valence-corrected chi connectivity index (χ4v) is 4.79. The summed E-state index contributed by atoms with van der Waals surface area (Å²) in [5.41, 5.74) is 2.34. The van der Waals surface area contributed by atoms with Crippen LogP contribution in [-0.4, -0.2) is 38.0 Å². The fraction of sp³-hybridized carbons (Fsp3) is 0.400. The fourth-order valence-electron chi connectivity index (χ4n) is 4.60. The molecule has 2 aromatic heterocycles. The van der Waals surface area contributed by atoms with Gasteiger partial charge in [0.05, 0.1) is 19.5 Å². The Balaban J connectivity index is 1.62. The predicted octanol–water partition coefficient (Wildman–Crippen LogP) is 5.18. The smallest absolute Gasteiger partial charge is 0.303 e. The molecule has 34 heavy (non-hydrogen) atoms. The summed E-state index contributed by atoms with van der Waals surface area (Å²) in [7, 11) is 0. The largest absolute Gasteiger partial charge is 0.481 e. The van der Waals surface area contributed by atoms with Crippen molar-refractivity contribution in [3.63, 3.8) is 0 Å². The average Bonchev–Trinajstić information content (AvgIpc) is 3.10. The third-order valence-corrected chi connectivity index (χ3v) is 6.80. The molecule has 0 atom stereocenters. The van der Waals surface area contributed by atoms with Crippen LogP contribution in [-0.2, 0) is 29.1 Å². The van der Waals surface area contributed by atoms with Gasteiger partial charge in [-0.1, -0.05) is 31.5 Å². The molecule has 9 heteroatoms. The lowest BCUT2D eigenvalue weighted by atomic mass is 9.84. The van der Waals surface area contributed by atoms with Gasteiger partial charge in [-0.05, 0) is 42.0 Å². The number of carbonyl (C=O) groups excluding carboxylic acids is 1. The molecule has 1 N–H and O–H groups in total. The van der Waals surface area contributed by atoms with E-state index in [1.807, 2.05) is 30.5 Å². The maximum atomic E-state index is 14.7. The summed E-state index contributed by atoms with van der Waals surface area (Å²) in [6.07, 6.45) is 2.99. The molecule has 1 aliphatic rings. The van der Waals surface area contributed by atoms with Crippen molar-refractivity contribution in [2.45, 2.75) is 52.6 Å². The molecule has 6 nitrogen and oxygen atoms in total. The van der Waals surface area contributed by atoms with Crippen LogP contribution in [0.1, 0.15) is 49.9 Å². The van der Waals surface area contributed by atoms with Crippen molar-refractivity contribution in [1.82, 2.24) is 14.5 Å². The van der Waals surface area contributed by atoms with E-state index in [-0.39, 0.29) is 30.9 Å². The highest BCUT2D eigenvalue weighted by Gasteiger charge is 2.29. The molecule has 0 fully saturated rings. The van der Waals surface area contributed by atoms with Gasteiger partial charge >= 0.3 is 5.97 Å². The quantitative estimate of drug-likeness (QED) is 0.464. The maximum Gasteiger partial charge on any atom is 0.303 e. The average molecular weight is 490 g/mol. The number of amides is 1. The first-order valence-electron chi connectivity index (χ1n) is 11.1. The van der Waals surface area contributed by atoms with Gasteiger partial charge < -0.3 is 14.6 Å². The zero-order chi connectivity index (χ0) is 24.6. The van der Waals surface area contributed by atoms with Gasteiger partial charge in [0, 0.05) is 35.8 Å². The normalized spacial score (nSPS) is 13.9. The van der Waals surface area contributed by atoms with E-state index >= 15 is 0 Å². The van der Waals surface area contributed by atoms with Gasteiger partial charge in [-0.3, -0.25) is 9.59 Å². The Kier molecular flexibility index (Phi) is 6.62. The highest BCUT2D eigenvalue weighted by Crippen LogP contribution is 2.33. The topological polar surface area (TPSA) is 75.4 Å². The summed E-state index contributed by atoms with van der Waals surface area (Å²) in [6, 6.07) is 6.30. The van der Waals surface area contributed by atoms with E-state index in [1.54, 1.807) is 11.1 Å². The van der Waals surface area contributed by atoms with Gasteiger partial charge in [0.1, 0.15) is 22.3 Å².